The van der Waals surface area contributed by atoms with Gasteiger partial charge < -0.3 is 10.6 Å². The second-order valence-electron chi connectivity index (χ2n) is 6.78. The number of thiophene rings is 1. The second-order valence-corrected chi connectivity index (χ2v) is 7.92. The van der Waals surface area contributed by atoms with Crippen LogP contribution in [0.25, 0.3) is 0 Å². The zero-order chi connectivity index (χ0) is 20.6. The fourth-order valence-corrected chi connectivity index (χ4v) is 4.17. The fraction of sp³-hybridized carbons (Fsp3) is 0.350. The van der Waals surface area contributed by atoms with Gasteiger partial charge in [-0.2, -0.15) is 0 Å². The van der Waals surface area contributed by atoms with Crippen molar-refractivity contribution in [1.82, 2.24) is 21.5 Å². The van der Waals surface area contributed by atoms with Crippen LogP contribution in [0.4, 0.5) is 9.18 Å². The molecular formula is C20H23FN4O3S. The molecule has 1 aromatic carbocycles. The molecule has 1 aliphatic rings. The van der Waals surface area contributed by atoms with E-state index in [9.17, 15) is 18.8 Å². The number of carbonyl (C=O) groups excluding carboxylic acids is 3. The predicted octanol–water partition coefficient (Wildman–Crippen LogP) is 2.42. The van der Waals surface area contributed by atoms with Gasteiger partial charge in [0.15, 0.2) is 0 Å². The van der Waals surface area contributed by atoms with E-state index in [0.717, 1.165) is 31.2 Å². The lowest BCUT2D eigenvalue weighted by atomic mass is 10.1. The number of urea groups is 1. The van der Waals surface area contributed by atoms with E-state index in [4.69, 9.17) is 0 Å². The highest BCUT2D eigenvalue weighted by Crippen LogP contribution is 2.28. The van der Waals surface area contributed by atoms with Gasteiger partial charge in [0.2, 0.25) is 0 Å². The van der Waals surface area contributed by atoms with E-state index in [1.54, 1.807) is 12.1 Å². The van der Waals surface area contributed by atoms with Crippen molar-refractivity contribution < 1.29 is 18.8 Å². The van der Waals surface area contributed by atoms with Crippen molar-refractivity contribution in [2.45, 2.75) is 38.6 Å². The molecule has 9 heteroatoms. The molecule has 154 valence electrons. The maximum atomic E-state index is 12.8. The number of aryl methyl sites for hydroxylation is 2. The monoisotopic (exact) mass is 418 g/mol. The summed E-state index contributed by atoms with van der Waals surface area (Å²) in [6.07, 6.45) is 5.47. The Bertz CT molecular complexity index is 859. The van der Waals surface area contributed by atoms with Gasteiger partial charge in [-0.25, -0.2) is 9.18 Å². The first-order valence-electron chi connectivity index (χ1n) is 9.48. The summed E-state index contributed by atoms with van der Waals surface area (Å²) in [5.74, 6) is -1.26. The van der Waals surface area contributed by atoms with Gasteiger partial charge in [-0.15, -0.1) is 11.3 Å². The number of hydrogen-bond donors (Lipinski definition) is 4. The minimum Gasteiger partial charge on any atom is -0.334 e. The summed E-state index contributed by atoms with van der Waals surface area (Å²) in [5.41, 5.74) is 6.62. The first kappa shape index (κ1) is 20.8. The summed E-state index contributed by atoms with van der Waals surface area (Å²) in [4.78, 5) is 37.6. The minimum atomic E-state index is -0.548. The number of rotatable bonds is 5. The van der Waals surface area contributed by atoms with Crippen LogP contribution in [0.15, 0.2) is 30.3 Å². The summed E-state index contributed by atoms with van der Waals surface area (Å²) in [6, 6.07) is 7.07. The van der Waals surface area contributed by atoms with Crippen LogP contribution >= 0.6 is 11.3 Å². The number of carbonyl (C=O) groups is 3. The average molecular weight is 418 g/mol. The number of nitrogens with one attached hydrogen (secondary N) is 4. The Morgan fingerprint density at radius 3 is 2.52 bits per heavy atom. The first-order chi connectivity index (χ1) is 14.0. The summed E-state index contributed by atoms with van der Waals surface area (Å²) < 4.78 is 12.8. The molecule has 2 aromatic rings. The van der Waals surface area contributed by atoms with Gasteiger partial charge in [0.05, 0.1) is 4.88 Å². The molecule has 7 nitrogen and oxygen atoms in total. The number of hydrazine groups is 1. The van der Waals surface area contributed by atoms with Crippen LogP contribution in [0.1, 0.15) is 44.9 Å². The molecule has 0 fully saturated rings. The zero-order valence-corrected chi connectivity index (χ0v) is 16.7. The number of hydrogen-bond acceptors (Lipinski definition) is 4. The standard InChI is InChI=1S/C20H23FN4O3S/c21-15-8-6-13(7-9-15)11-22-20(28)23-12-18(26)24-25-19(27)17-10-14-4-2-1-3-5-16(14)29-17/h6-10H,1-5,11-12H2,(H,24,26)(H,25,27)(H2,22,23,28). The molecule has 0 saturated heterocycles. The van der Waals surface area contributed by atoms with Crippen LogP contribution in [-0.4, -0.2) is 24.4 Å². The lowest BCUT2D eigenvalue weighted by Crippen LogP contribution is -2.47. The van der Waals surface area contributed by atoms with Crippen LogP contribution in [0, 0.1) is 5.82 Å². The van der Waals surface area contributed by atoms with E-state index in [-0.39, 0.29) is 24.8 Å². The Morgan fingerprint density at radius 1 is 0.966 bits per heavy atom. The minimum absolute atomic E-state index is 0.202. The molecule has 0 unspecified atom stereocenters. The Balaban J connectivity index is 1.36. The van der Waals surface area contributed by atoms with Crippen LogP contribution in [0.3, 0.4) is 0 Å². The SMILES string of the molecule is O=C(CNC(=O)NCc1ccc(F)cc1)NNC(=O)c1cc2c(s1)CCCCC2. The number of benzene rings is 1. The highest BCUT2D eigenvalue weighted by Gasteiger charge is 2.17. The quantitative estimate of drug-likeness (QED) is 0.443. The van der Waals surface area contributed by atoms with E-state index in [1.165, 1.54) is 40.3 Å². The van der Waals surface area contributed by atoms with Crippen molar-refractivity contribution in [2.24, 2.45) is 0 Å². The maximum absolute atomic E-state index is 12.8. The molecule has 1 aromatic heterocycles. The normalized spacial score (nSPS) is 13.0. The molecule has 0 atom stereocenters. The zero-order valence-electron chi connectivity index (χ0n) is 15.8. The van der Waals surface area contributed by atoms with Gasteiger partial charge in [-0.1, -0.05) is 18.6 Å². The third-order valence-corrected chi connectivity index (χ3v) is 5.80. The molecule has 3 rings (SSSR count). The summed E-state index contributed by atoms with van der Waals surface area (Å²) >= 11 is 1.47. The molecule has 29 heavy (non-hydrogen) atoms. The third kappa shape index (κ3) is 6.28. The highest BCUT2D eigenvalue weighted by atomic mass is 32.1. The second kappa shape index (κ2) is 10.0. The molecule has 0 radical (unpaired) electrons. The summed E-state index contributed by atoms with van der Waals surface area (Å²) in [7, 11) is 0. The van der Waals surface area contributed by atoms with E-state index in [0.29, 0.717) is 4.88 Å². The van der Waals surface area contributed by atoms with Gasteiger partial charge in [0.25, 0.3) is 11.8 Å². The van der Waals surface area contributed by atoms with E-state index >= 15 is 0 Å². The van der Waals surface area contributed by atoms with Gasteiger partial charge >= 0.3 is 6.03 Å². The van der Waals surface area contributed by atoms with Gasteiger partial charge in [0.1, 0.15) is 12.4 Å². The van der Waals surface area contributed by atoms with Crippen molar-refractivity contribution in [3.05, 3.63) is 57.0 Å². The van der Waals surface area contributed by atoms with Gasteiger partial charge in [-0.05, 0) is 55.0 Å². The molecule has 0 spiro atoms. The summed E-state index contributed by atoms with van der Waals surface area (Å²) in [6.45, 7) is -0.0933. The molecule has 4 N–H and O–H groups in total. The molecule has 1 aliphatic carbocycles. The summed E-state index contributed by atoms with van der Waals surface area (Å²) in [5, 5.41) is 4.95. The topological polar surface area (TPSA) is 99.3 Å². The van der Waals surface area contributed by atoms with Crippen molar-refractivity contribution in [1.29, 1.82) is 0 Å². The fourth-order valence-electron chi connectivity index (χ4n) is 3.02. The Hall–Kier alpha value is -2.94. The number of fused-ring (bicyclic) bond motifs is 1. The maximum Gasteiger partial charge on any atom is 0.315 e. The van der Waals surface area contributed by atoms with Crippen LogP contribution in [0.5, 0.6) is 0 Å². The van der Waals surface area contributed by atoms with Crippen molar-refractivity contribution in [2.75, 3.05) is 6.54 Å². The van der Waals surface area contributed by atoms with Crippen LogP contribution < -0.4 is 21.5 Å². The predicted molar refractivity (Wildman–Crippen MR) is 108 cm³/mol. The Kier molecular flexibility index (Phi) is 7.18. The van der Waals surface area contributed by atoms with Crippen LogP contribution in [-0.2, 0) is 24.2 Å². The largest absolute Gasteiger partial charge is 0.334 e. The third-order valence-electron chi connectivity index (χ3n) is 4.56. The first-order valence-corrected chi connectivity index (χ1v) is 10.3. The smallest absolute Gasteiger partial charge is 0.315 e. The van der Waals surface area contributed by atoms with Crippen molar-refractivity contribution in [3.8, 4) is 0 Å². The van der Waals surface area contributed by atoms with Crippen LogP contribution in [0.2, 0.25) is 0 Å². The average Bonchev–Trinajstić information content (AvgIpc) is 3.00. The molecule has 1 heterocycles. The van der Waals surface area contributed by atoms with Crippen molar-refractivity contribution in [3.63, 3.8) is 0 Å². The van der Waals surface area contributed by atoms with Gasteiger partial charge in [-0.3, -0.25) is 20.4 Å². The molecule has 0 bridgehead atoms. The molecule has 0 aliphatic heterocycles. The molecule has 4 amide bonds. The van der Waals surface area contributed by atoms with Gasteiger partial charge in [0, 0.05) is 11.4 Å². The Morgan fingerprint density at radius 2 is 1.72 bits per heavy atom. The highest BCUT2D eigenvalue weighted by molar-refractivity contribution is 7.14. The van der Waals surface area contributed by atoms with E-state index in [1.807, 2.05) is 6.07 Å². The number of halogens is 1. The lowest BCUT2D eigenvalue weighted by molar-refractivity contribution is -0.120. The van der Waals surface area contributed by atoms with Crippen molar-refractivity contribution >= 4 is 29.2 Å². The van der Waals surface area contributed by atoms with E-state index in [2.05, 4.69) is 21.5 Å². The molecule has 0 saturated carbocycles. The van der Waals surface area contributed by atoms with E-state index < -0.39 is 11.9 Å². The lowest BCUT2D eigenvalue weighted by Gasteiger charge is -2.09. The Labute approximate surface area is 172 Å². The molecular weight excluding hydrogens is 395 g/mol. The number of amides is 4.